The number of hydrogen-bond acceptors (Lipinski definition) is 1. The number of hydrogen-bond donors (Lipinski definition) is 1. The van der Waals surface area contributed by atoms with Gasteiger partial charge in [0.2, 0.25) is 0 Å². The van der Waals surface area contributed by atoms with Gasteiger partial charge in [-0.05, 0) is 66.3 Å². The first-order valence-electron chi connectivity index (χ1n) is 9.49. The summed E-state index contributed by atoms with van der Waals surface area (Å²) in [5, 5.41) is 3.86. The fraction of sp³-hybridized carbons (Fsp3) is 0.810. The summed E-state index contributed by atoms with van der Waals surface area (Å²) in [6.07, 6.45) is 16.1. The van der Waals surface area contributed by atoms with Gasteiger partial charge in [0, 0.05) is 5.54 Å². The van der Waals surface area contributed by atoms with Crippen molar-refractivity contribution >= 4 is 0 Å². The van der Waals surface area contributed by atoms with Crippen LogP contribution in [0.5, 0.6) is 0 Å². The zero-order valence-corrected chi connectivity index (χ0v) is 16.2. The topological polar surface area (TPSA) is 12.0 Å². The van der Waals surface area contributed by atoms with E-state index in [1.807, 2.05) is 0 Å². The summed E-state index contributed by atoms with van der Waals surface area (Å²) in [5.74, 6) is 0. The van der Waals surface area contributed by atoms with Gasteiger partial charge in [-0.25, -0.2) is 0 Å². The minimum Gasteiger partial charge on any atom is -0.311 e. The fourth-order valence-electron chi connectivity index (χ4n) is 2.86. The molecule has 0 aromatic carbocycles. The highest BCUT2D eigenvalue weighted by Crippen LogP contribution is 2.24. The third-order valence-corrected chi connectivity index (χ3v) is 4.62. The van der Waals surface area contributed by atoms with Crippen molar-refractivity contribution in [1.82, 2.24) is 5.32 Å². The summed E-state index contributed by atoms with van der Waals surface area (Å²) in [5.41, 5.74) is 3.30. The Morgan fingerprint density at radius 3 is 2.27 bits per heavy atom. The lowest BCUT2D eigenvalue weighted by Gasteiger charge is -2.32. The van der Waals surface area contributed by atoms with E-state index in [1.165, 1.54) is 63.4 Å². The molecule has 0 aliphatic rings. The molecular formula is C21H41N. The van der Waals surface area contributed by atoms with Gasteiger partial charge < -0.3 is 5.32 Å². The molecule has 0 aromatic heterocycles. The van der Waals surface area contributed by atoms with Crippen LogP contribution >= 0.6 is 0 Å². The van der Waals surface area contributed by atoms with Gasteiger partial charge in [0.1, 0.15) is 0 Å². The molecular weight excluding hydrogens is 266 g/mol. The van der Waals surface area contributed by atoms with Crippen LogP contribution in [-0.2, 0) is 0 Å². The molecule has 0 bridgehead atoms. The van der Waals surface area contributed by atoms with Gasteiger partial charge in [0.05, 0.1) is 0 Å². The third kappa shape index (κ3) is 11.1. The van der Waals surface area contributed by atoms with Gasteiger partial charge in [-0.3, -0.25) is 0 Å². The summed E-state index contributed by atoms with van der Waals surface area (Å²) in [7, 11) is 0. The first-order chi connectivity index (χ1) is 10.5. The zero-order chi connectivity index (χ0) is 16.8. The molecule has 0 spiro atoms. The van der Waals surface area contributed by atoms with Gasteiger partial charge in [-0.2, -0.15) is 0 Å². The highest BCUT2D eigenvalue weighted by atomic mass is 15.0. The number of unbranched alkanes of at least 4 members (excludes halogenated alkanes) is 4. The van der Waals surface area contributed by atoms with Crippen LogP contribution in [0.15, 0.2) is 23.3 Å². The first kappa shape index (κ1) is 21.4. The highest BCUT2D eigenvalue weighted by molar-refractivity contribution is 5.07. The average molecular weight is 308 g/mol. The van der Waals surface area contributed by atoms with Crippen LogP contribution in [0.1, 0.15) is 99.3 Å². The normalized spacial score (nSPS) is 15.9. The van der Waals surface area contributed by atoms with E-state index in [2.05, 4.69) is 59.0 Å². The van der Waals surface area contributed by atoms with Crippen molar-refractivity contribution in [3.63, 3.8) is 0 Å². The van der Waals surface area contributed by atoms with Crippen molar-refractivity contribution in [3.05, 3.63) is 23.3 Å². The van der Waals surface area contributed by atoms with Crippen LogP contribution in [0.2, 0.25) is 0 Å². The molecule has 0 aliphatic heterocycles. The second kappa shape index (κ2) is 12.9. The number of nitrogens with one attached hydrogen (secondary N) is 1. The van der Waals surface area contributed by atoms with Crippen LogP contribution in [0, 0.1) is 0 Å². The number of allylic oxidation sites excluding steroid dienone is 3. The molecule has 0 saturated carbocycles. The largest absolute Gasteiger partial charge is 0.311 e. The van der Waals surface area contributed by atoms with E-state index < -0.39 is 0 Å². The van der Waals surface area contributed by atoms with Gasteiger partial charge in [-0.1, -0.05) is 62.8 Å². The fourth-order valence-corrected chi connectivity index (χ4v) is 2.86. The lowest BCUT2D eigenvalue weighted by Crippen LogP contribution is -2.43. The molecule has 1 nitrogen and oxygen atoms in total. The molecule has 1 heteroatoms. The summed E-state index contributed by atoms with van der Waals surface area (Å²) in [6.45, 7) is 14.8. The molecule has 0 heterocycles. The second-order valence-corrected chi connectivity index (χ2v) is 7.20. The van der Waals surface area contributed by atoms with E-state index >= 15 is 0 Å². The zero-order valence-electron chi connectivity index (χ0n) is 16.2. The highest BCUT2D eigenvalue weighted by Gasteiger charge is 2.23. The van der Waals surface area contributed by atoms with Crippen molar-refractivity contribution in [2.24, 2.45) is 0 Å². The lowest BCUT2D eigenvalue weighted by molar-refractivity contribution is 0.323. The molecule has 0 aromatic rings. The van der Waals surface area contributed by atoms with E-state index in [-0.39, 0.29) is 5.54 Å². The van der Waals surface area contributed by atoms with Crippen molar-refractivity contribution in [3.8, 4) is 0 Å². The lowest BCUT2D eigenvalue weighted by atomic mass is 9.86. The molecule has 1 N–H and O–H groups in total. The van der Waals surface area contributed by atoms with E-state index in [1.54, 1.807) is 5.57 Å². The molecule has 22 heavy (non-hydrogen) atoms. The van der Waals surface area contributed by atoms with E-state index in [0.29, 0.717) is 0 Å². The summed E-state index contributed by atoms with van der Waals surface area (Å²) < 4.78 is 0. The Bertz CT molecular complexity index is 327. The Morgan fingerprint density at radius 1 is 1.00 bits per heavy atom. The van der Waals surface area contributed by atoms with Crippen molar-refractivity contribution in [1.29, 1.82) is 0 Å². The van der Waals surface area contributed by atoms with Crippen LogP contribution in [0.25, 0.3) is 0 Å². The monoisotopic (exact) mass is 307 g/mol. The standard InChI is InChI=1S/C21H41N/c1-7-10-12-14-20(5)18-21(6,16-15-19(4)9-3)22-17-13-11-8-2/h9,14,22H,7-8,10-13,15-18H2,1-6H3/b19-9-,20-14-. The van der Waals surface area contributed by atoms with Crippen LogP contribution in [-0.4, -0.2) is 12.1 Å². The summed E-state index contributed by atoms with van der Waals surface area (Å²) in [6, 6.07) is 0. The summed E-state index contributed by atoms with van der Waals surface area (Å²) in [4.78, 5) is 0. The molecule has 0 fully saturated rings. The Kier molecular flexibility index (Phi) is 12.6. The van der Waals surface area contributed by atoms with Gasteiger partial charge in [0.15, 0.2) is 0 Å². The molecule has 0 amide bonds. The quantitative estimate of drug-likeness (QED) is 0.291. The van der Waals surface area contributed by atoms with Crippen molar-refractivity contribution in [2.75, 3.05) is 6.54 Å². The molecule has 0 radical (unpaired) electrons. The summed E-state index contributed by atoms with van der Waals surface area (Å²) >= 11 is 0. The number of rotatable bonds is 13. The molecule has 130 valence electrons. The smallest absolute Gasteiger partial charge is 0.0193 e. The predicted octanol–water partition coefficient (Wildman–Crippen LogP) is 6.80. The Balaban J connectivity index is 4.57. The molecule has 1 unspecified atom stereocenters. The van der Waals surface area contributed by atoms with E-state index in [0.717, 1.165) is 6.54 Å². The minimum absolute atomic E-state index is 0.241. The second-order valence-electron chi connectivity index (χ2n) is 7.20. The average Bonchev–Trinajstić information content (AvgIpc) is 2.49. The maximum Gasteiger partial charge on any atom is 0.0193 e. The van der Waals surface area contributed by atoms with E-state index in [9.17, 15) is 0 Å². The molecule has 0 saturated heterocycles. The van der Waals surface area contributed by atoms with Gasteiger partial charge in [0.25, 0.3) is 0 Å². The Morgan fingerprint density at radius 2 is 1.68 bits per heavy atom. The van der Waals surface area contributed by atoms with Crippen molar-refractivity contribution < 1.29 is 0 Å². The van der Waals surface area contributed by atoms with Gasteiger partial charge in [-0.15, -0.1) is 0 Å². The van der Waals surface area contributed by atoms with Crippen LogP contribution < -0.4 is 5.32 Å². The molecule has 0 rings (SSSR count). The SMILES string of the molecule is C/C=C(/C)CCC(C)(C/C(C)=C\CCCC)NCCCCC. The molecule has 1 atom stereocenters. The third-order valence-electron chi connectivity index (χ3n) is 4.62. The maximum absolute atomic E-state index is 3.86. The maximum atomic E-state index is 3.86. The minimum atomic E-state index is 0.241. The molecule has 0 aliphatic carbocycles. The Labute approximate surface area is 140 Å². The first-order valence-corrected chi connectivity index (χ1v) is 9.49. The Hall–Kier alpha value is -0.560. The predicted molar refractivity (Wildman–Crippen MR) is 102 cm³/mol. The van der Waals surface area contributed by atoms with Gasteiger partial charge >= 0.3 is 0 Å². The van der Waals surface area contributed by atoms with Crippen LogP contribution in [0.3, 0.4) is 0 Å². The van der Waals surface area contributed by atoms with Crippen molar-refractivity contribution in [2.45, 2.75) is 105 Å². The van der Waals surface area contributed by atoms with E-state index in [4.69, 9.17) is 0 Å². The van der Waals surface area contributed by atoms with Crippen LogP contribution in [0.4, 0.5) is 0 Å².